The molecule has 0 saturated carbocycles. The molecule has 0 aliphatic carbocycles. The van der Waals surface area contributed by atoms with E-state index in [1.54, 1.807) is 0 Å². The highest BCUT2D eigenvalue weighted by atomic mass is 35.5. The van der Waals surface area contributed by atoms with Crippen molar-refractivity contribution in [1.29, 1.82) is 0 Å². The quantitative estimate of drug-likeness (QED) is 0.816. The van der Waals surface area contributed by atoms with E-state index in [2.05, 4.69) is 4.37 Å². The number of hydrogen-bond acceptors (Lipinski definition) is 3. The van der Waals surface area contributed by atoms with Crippen molar-refractivity contribution >= 4 is 40.7 Å². The van der Waals surface area contributed by atoms with Gasteiger partial charge >= 0.3 is 5.97 Å². The van der Waals surface area contributed by atoms with Gasteiger partial charge in [-0.3, -0.25) is 4.79 Å². The first-order valence-electron chi connectivity index (χ1n) is 2.62. The van der Waals surface area contributed by atoms with Crippen LogP contribution in [0.1, 0.15) is 5.69 Å². The molecule has 3 nitrogen and oxygen atoms in total. The minimum absolute atomic E-state index is 0.179. The lowest BCUT2D eigenvalue weighted by Crippen LogP contribution is -2.00. The van der Waals surface area contributed by atoms with Crippen LogP contribution < -0.4 is 0 Å². The molecule has 6 heteroatoms. The molecule has 1 heterocycles. The van der Waals surface area contributed by atoms with E-state index in [9.17, 15) is 4.79 Å². The molecule has 0 radical (unpaired) electrons. The molecule has 11 heavy (non-hydrogen) atoms. The summed E-state index contributed by atoms with van der Waals surface area (Å²) < 4.78 is 4.09. The van der Waals surface area contributed by atoms with Crippen LogP contribution in [0.5, 0.6) is 0 Å². The molecular formula is C5H3Cl2NO2S. The summed E-state index contributed by atoms with van der Waals surface area (Å²) in [5.74, 6) is -0.964. The lowest BCUT2D eigenvalue weighted by atomic mass is 10.3. The highest BCUT2D eigenvalue weighted by Crippen LogP contribution is 2.29. The Balaban J connectivity index is 2.87. The maximum Gasteiger partial charge on any atom is 0.309 e. The Bertz CT molecular complexity index is 286. The monoisotopic (exact) mass is 211 g/mol. The minimum Gasteiger partial charge on any atom is -0.481 e. The summed E-state index contributed by atoms with van der Waals surface area (Å²) in [6, 6.07) is 0. The second-order valence-corrected chi connectivity index (χ2v) is 3.54. The predicted octanol–water partition coefficient (Wildman–Crippen LogP) is 2.08. The summed E-state index contributed by atoms with van der Waals surface area (Å²) in [6.45, 7) is 0. The second kappa shape index (κ2) is 3.38. The molecular weight excluding hydrogens is 209 g/mol. The van der Waals surface area contributed by atoms with Crippen LogP contribution in [0.4, 0.5) is 0 Å². The fraction of sp³-hybridized carbons (Fsp3) is 0.200. The van der Waals surface area contributed by atoms with Crippen molar-refractivity contribution in [3.05, 3.63) is 15.1 Å². The highest BCUT2D eigenvalue weighted by Gasteiger charge is 2.12. The third-order valence-corrected chi connectivity index (χ3v) is 2.67. The Morgan fingerprint density at radius 1 is 1.64 bits per heavy atom. The van der Waals surface area contributed by atoms with Crippen molar-refractivity contribution in [3.8, 4) is 0 Å². The summed E-state index contributed by atoms with van der Waals surface area (Å²) in [5.41, 5.74) is 0.328. The molecule has 0 atom stereocenters. The first-order chi connectivity index (χ1) is 5.11. The smallest absolute Gasteiger partial charge is 0.309 e. The molecule has 0 aromatic carbocycles. The molecule has 0 spiro atoms. The highest BCUT2D eigenvalue weighted by molar-refractivity contribution is 7.11. The average Bonchev–Trinajstić information content (AvgIpc) is 2.18. The predicted molar refractivity (Wildman–Crippen MR) is 43.5 cm³/mol. The first kappa shape index (κ1) is 8.77. The van der Waals surface area contributed by atoms with Gasteiger partial charge < -0.3 is 5.11 Å². The zero-order valence-electron chi connectivity index (χ0n) is 5.17. The van der Waals surface area contributed by atoms with E-state index in [-0.39, 0.29) is 11.4 Å². The number of halogens is 2. The Morgan fingerprint density at radius 3 is 2.64 bits per heavy atom. The molecule has 0 unspecified atom stereocenters. The van der Waals surface area contributed by atoms with E-state index in [4.69, 9.17) is 28.3 Å². The van der Waals surface area contributed by atoms with Crippen molar-refractivity contribution in [2.45, 2.75) is 6.42 Å². The SMILES string of the molecule is O=C(O)Cc1nsc(Cl)c1Cl. The number of hydrogen-bond donors (Lipinski definition) is 1. The summed E-state index contributed by atoms with van der Waals surface area (Å²) in [7, 11) is 0. The van der Waals surface area contributed by atoms with Gasteiger partial charge in [0.25, 0.3) is 0 Å². The zero-order chi connectivity index (χ0) is 8.43. The molecule has 0 aliphatic rings. The number of carboxylic acid groups (broad SMARTS) is 1. The largest absolute Gasteiger partial charge is 0.481 e. The fourth-order valence-electron chi connectivity index (χ4n) is 0.542. The van der Waals surface area contributed by atoms with Gasteiger partial charge in [0.2, 0.25) is 0 Å². The first-order valence-corrected chi connectivity index (χ1v) is 4.15. The van der Waals surface area contributed by atoms with E-state index >= 15 is 0 Å². The Labute approximate surface area is 76.7 Å². The maximum atomic E-state index is 10.2. The summed E-state index contributed by atoms with van der Waals surface area (Å²) >= 11 is 12.1. The number of carboxylic acids is 1. The van der Waals surface area contributed by atoms with E-state index < -0.39 is 5.97 Å². The molecule has 0 fully saturated rings. The van der Waals surface area contributed by atoms with Gasteiger partial charge in [0.15, 0.2) is 0 Å². The Morgan fingerprint density at radius 2 is 2.27 bits per heavy atom. The lowest BCUT2D eigenvalue weighted by Gasteiger charge is -1.88. The lowest BCUT2D eigenvalue weighted by molar-refractivity contribution is -0.136. The molecule has 0 amide bonds. The van der Waals surface area contributed by atoms with Crippen LogP contribution in [-0.2, 0) is 11.2 Å². The Hall–Kier alpha value is -0.320. The molecule has 60 valence electrons. The molecule has 0 saturated heterocycles. The van der Waals surface area contributed by atoms with E-state index in [0.717, 1.165) is 11.5 Å². The van der Waals surface area contributed by atoms with Crippen molar-refractivity contribution in [3.63, 3.8) is 0 Å². The molecule has 1 aromatic rings. The summed E-state index contributed by atoms with van der Waals surface area (Å²) in [6.07, 6.45) is -0.179. The normalized spacial score (nSPS) is 10.0. The van der Waals surface area contributed by atoms with Crippen LogP contribution in [-0.4, -0.2) is 15.4 Å². The zero-order valence-corrected chi connectivity index (χ0v) is 7.50. The van der Waals surface area contributed by atoms with Crippen LogP contribution >= 0.6 is 34.7 Å². The van der Waals surface area contributed by atoms with Gasteiger partial charge in [0, 0.05) is 0 Å². The van der Waals surface area contributed by atoms with E-state index in [0.29, 0.717) is 10.0 Å². The topological polar surface area (TPSA) is 50.2 Å². The van der Waals surface area contributed by atoms with Gasteiger partial charge in [-0.25, -0.2) is 0 Å². The van der Waals surface area contributed by atoms with Gasteiger partial charge in [-0.2, -0.15) is 4.37 Å². The van der Waals surface area contributed by atoms with Crippen molar-refractivity contribution in [1.82, 2.24) is 4.37 Å². The average molecular weight is 212 g/mol. The standard InChI is InChI=1S/C5H3Cl2NO2S/c6-4-2(1-3(9)10)8-11-5(4)7/h1H2,(H,9,10). The van der Waals surface area contributed by atoms with Gasteiger partial charge in [0.05, 0.1) is 17.1 Å². The number of nitrogens with zero attached hydrogens (tertiary/aromatic N) is 1. The van der Waals surface area contributed by atoms with E-state index in [1.807, 2.05) is 0 Å². The van der Waals surface area contributed by atoms with Crippen molar-refractivity contribution in [2.75, 3.05) is 0 Å². The summed E-state index contributed by atoms with van der Waals surface area (Å²) in [4.78, 5) is 10.2. The molecule has 1 rings (SSSR count). The van der Waals surface area contributed by atoms with Crippen LogP contribution in [0.3, 0.4) is 0 Å². The van der Waals surface area contributed by atoms with Crippen LogP contribution in [0, 0.1) is 0 Å². The van der Waals surface area contributed by atoms with Crippen molar-refractivity contribution < 1.29 is 9.90 Å². The molecule has 0 bridgehead atoms. The summed E-state index contributed by atoms with van der Waals surface area (Å²) in [5, 5.41) is 8.61. The number of rotatable bonds is 2. The maximum absolute atomic E-state index is 10.2. The number of aromatic nitrogens is 1. The van der Waals surface area contributed by atoms with Crippen molar-refractivity contribution in [2.24, 2.45) is 0 Å². The third kappa shape index (κ3) is 2.05. The molecule has 0 aliphatic heterocycles. The van der Waals surface area contributed by atoms with Crippen LogP contribution in [0.25, 0.3) is 0 Å². The third-order valence-electron chi connectivity index (χ3n) is 0.981. The Kier molecular flexibility index (Phi) is 2.70. The number of aliphatic carboxylic acids is 1. The molecule has 1 aromatic heterocycles. The number of carbonyl (C=O) groups is 1. The second-order valence-electron chi connectivity index (χ2n) is 1.79. The van der Waals surface area contributed by atoms with Crippen LogP contribution in [0.15, 0.2) is 0 Å². The van der Waals surface area contributed by atoms with Gasteiger partial charge in [-0.1, -0.05) is 23.2 Å². The van der Waals surface area contributed by atoms with Gasteiger partial charge in [0.1, 0.15) is 4.34 Å². The minimum atomic E-state index is -0.964. The molecule has 1 N–H and O–H groups in total. The van der Waals surface area contributed by atoms with E-state index in [1.165, 1.54) is 0 Å². The van der Waals surface area contributed by atoms with Crippen LogP contribution in [0.2, 0.25) is 9.36 Å². The fourth-order valence-corrected chi connectivity index (χ4v) is 1.56. The van der Waals surface area contributed by atoms with Gasteiger partial charge in [-0.15, -0.1) is 0 Å². The van der Waals surface area contributed by atoms with Gasteiger partial charge in [-0.05, 0) is 11.5 Å².